The third-order valence-corrected chi connectivity index (χ3v) is 2.62. The molecule has 116 valence electrons. The van der Waals surface area contributed by atoms with Crippen LogP contribution in [0.15, 0.2) is 30.3 Å². The minimum Gasteiger partial charge on any atom is -0.455 e. The number of hydrogen-bond donors (Lipinski definition) is 1. The molecule has 0 aliphatic carbocycles. The van der Waals surface area contributed by atoms with Crippen LogP contribution in [0.5, 0.6) is 0 Å². The van der Waals surface area contributed by atoms with Crippen molar-refractivity contribution in [3.8, 4) is 0 Å². The Morgan fingerprint density at radius 1 is 1.14 bits per heavy atom. The Morgan fingerprint density at radius 2 is 1.71 bits per heavy atom. The molecule has 0 aromatic heterocycles. The lowest BCUT2D eigenvalue weighted by molar-refractivity contribution is -0.148. The molecular weight excluding hydrogens is 270 g/mol. The normalized spacial score (nSPS) is 14.0. The van der Waals surface area contributed by atoms with Crippen molar-refractivity contribution in [1.29, 1.82) is 0 Å². The van der Waals surface area contributed by atoms with Crippen molar-refractivity contribution in [3.05, 3.63) is 35.9 Å². The number of esters is 1. The molecule has 0 heterocycles. The summed E-state index contributed by atoms with van der Waals surface area (Å²) in [5.74, 6) is -0.401. The predicted molar refractivity (Wildman–Crippen MR) is 79.8 cm³/mol. The first-order valence-corrected chi connectivity index (χ1v) is 6.91. The second-order valence-corrected chi connectivity index (χ2v) is 5.88. The predicted octanol–water partition coefficient (Wildman–Crippen LogP) is 3.20. The summed E-state index contributed by atoms with van der Waals surface area (Å²) >= 11 is 0. The third-order valence-electron chi connectivity index (χ3n) is 2.62. The van der Waals surface area contributed by atoms with Gasteiger partial charge in [0.25, 0.3) is 0 Å². The molecule has 2 atom stereocenters. The molecule has 1 aromatic carbocycles. The van der Waals surface area contributed by atoms with Crippen LogP contribution in [-0.4, -0.2) is 23.7 Å². The zero-order valence-electron chi connectivity index (χ0n) is 13.2. The van der Waals surface area contributed by atoms with E-state index in [-0.39, 0.29) is 0 Å². The van der Waals surface area contributed by atoms with Crippen molar-refractivity contribution in [1.82, 2.24) is 5.32 Å². The molecule has 1 N–H and O–H groups in total. The number of hydrogen-bond acceptors (Lipinski definition) is 4. The van der Waals surface area contributed by atoms with Crippen LogP contribution < -0.4 is 5.32 Å². The van der Waals surface area contributed by atoms with E-state index in [0.717, 1.165) is 5.56 Å². The van der Waals surface area contributed by atoms with E-state index in [1.807, 2.05) is 30.3 Å². The summed E-state index contributed by atoms with van der Waals surface area (Å²) in [5.41, 5.74) is 0.240. The average molecular weight is 293 g/mol. The van der Waals surface area contributed by atoms with Gasteiger partial charge in [-0.2, -0.15) is 0 Å². The van der Waals surface area contributed by atoms with Crippen LogP contribution in [0.1, 0.15) is 46.3 Å². The smallest absolute Gasteiger partial charge is 0.408 e. The van der Waals surface area contributed by atoms with E-state index in [1.54, 1.807) is 27.7 Å². The molecule has 0 spiro atoms. The molecule has 0 fully saturated rings. The second kappa shape index (κ2) is 7.11. The molecule has 0 aliphatic rings. The van der Waals surface area contributed by atoms with Crippen LogP contribution in [0, 0.1) is 0 Å². The highest BCUT2D eigenvalue weighted by atomic mass is 16.6. The number of ether oxygens (including phenoxy) is 2. The monoisotopic (exact) mass is 293 g/mol. The Morgan fingerprint density at radius 3 is 2.19 bits per heavy atom. The summed E-state index contributed by atoms with van der Waals surface area (Å²) in [7, 11) is 0. The second-order valence-electron chi connectivity index (χ2n) is 5.88. The van der Waals surface area contributed by atoms with Crippen molar-refractivity contribution in [3.63, 3.8) is 0 Å². The van der Waals surface area contributed by atoms with E-state index < -0.39 is 29.8 Å². The summed E-state index contributed by atoms with van der Waals surface area (Å²) in [6.07, 6.45) is -1.10. The number of benzene rings is 1. The summed E-state index contributed by atoms with van der Waals surface area (Å²) in [6, 6.07) is 8.87. The maximum atomic E-state index is 11.8. The van der Waals surface area contributed by atoms with Gasteiger partial charge < -0.3 is 14.8 Å². The zero-order valence-corrected chi connectivity index (χ0v) is 13.2. The van der Waals surface area contributed by atoms with E-state index in [2.05, 4.69) is 5.32 Å². The highest BCUT2D eigenvalue weighted by Crippen LogP contribution is 2.22. The Kier molecular flexibility index (Phi) is 5.76. The number of nitrogens with one attached hydrogen (secondary N) is 1. The third kappa shape index (κ3) is 6.29. The number of amides is 1. The SMILES string of the molecule is CC(=O)OC(c1ccccc1)[C@@H](C)NC(=O)OC(C)(C)C. The summed E-state index contributed by atoms with van der Waals surface area (Å²) in [6.45, 7) is 8.48. The first kappa shape index (κ1) is 17.0. The molecule has 1 amide bonds. The molecule has 0 aliphatic heterocycles. The summed E-state index contributed by atoms with van der Waals surface area (Å²) in [4.78, 5) is 23.1. The zero-order chi connectivity index (χ0) is 16.0. The van der Waals surface area contributed by atoms with E-state index >= 15 is 0 Å². The van der Waals surface area contributed by atoms with Gasteiger partial charge in [0.1, 0.15) is 11.7 Å². The number of carbonyl (C=O) groups is 2. The molecule has 0 bridgehead atoms. The quantitative estimate of drug-likeness (QED) is 0.866. The van der Waals surface area contributed by atoms with Crippen LogP contribution in [0.3, 0.4) is 0 Å². The van der Waals surface area contributed by atoms with Gasteiger partial charge in [-0.3, -0.25) is 4.79 Å². The Balaban J connectivity index is 2.79. The minimum absolute atomic E-state index is 0.401. The van der Waals surface area contributed by atoms with Gasteiger partial charge in [-0.25, -0.2) is 4.79 Å². The van der Waals surface area contributed by atoms with E-state index in [0.29, 0.717) is 0 Å². The van der Waals surface area contributed by atoms with Crippen LogP contribution in [-0.2, 0) is 14.3 Å². The van der Waals surface area contributed by atoms with Crippen LogP contribution in [0.4, 0.5) is 4.79 Å². The first-order chi connectivity index (χ1) is 9.69. The summed E-state index contributed by atoms with van der Waals surface area (Å²) < 4.78 is 10.5. The molecule has 5 heteroatoms. The Bertz CT molecular complexity index is 479. The molecule has 1 aromatic rings. The highest BCUT2D eigenvalue weighted by molar-refractivity contribution is 5.69. The molecular formula is C16H23NO4. The highest BCUT2D eigenvalue weighted by Gasteiger charge is 2.26. The maximum absolute atomic E-state index is 11.8. The standard InChI is InChI=1S/C16H23NO4/c1-11(17-15(19)21-16(3,4)5)14(20-12(2)18)13-9-7-6-8-10-13/h6-11,14H,1-5H3,(H,17,19)/t11-,14?/m1/s1. The molecule has 0 saturated heterocycles. The molecule has 0 saturated carbocycles. The molecule has 1 unspecified atom stereocenters. The average Bonchev–Trinajstić information content (AvgIpc) is 2.34. The van der Waals surface area contributed by atoms with Gasteiger partial charge in [-0.1, -0.05) is 30.3 Å². The number of rotatable bonds is 4. The van der Waals surface area contributed by atoms with Gasteiger partial charge in [0.15, 0.2) is 0 Å². The van der Waals surface area contributed by atoms with Gasteiger partial charge in [0, 0.05) is 6.92 Å². The van der Waals surface area contributed by atoms with Crippen LogP contribution >= 0.6 is 0 Å². The molecule has 1 rings (SSSR count). The lowest BCUT2D eigenvalue weighted by Gasteiger charge is -2.27. The molecule has 0 radical (unpaired) electrons. The molecule has 5 nitrogen and oxygen atoms in total. The van der Waals surface area contributed by atoms with E-state index in [1.165, 1.54) is 6.92 Å². The summed E-state index contributed by atoms with van der Waals surface area (Å²) in [5, 5.41) is 2.70. The Hall–Kier alpha value is -2.04. The van der Waals surface area contributed by atoms with E-state index in [4.69, 9.17) is 9.47 Å². The van der Waals surface area contributed by atoms with Crippen molar-refractivity contribution in [2.75, 3.05) is 0 Å². The van der Waals surface area contributed by atoms with Gasteiger partial charge in [-0.05, 0) is 33.3 Å². The Labute approximate surface area is 125 Å². The van der Waals surface area contributed by atoms with Crippen LogP contribution in [0.25, 0.3) is 0 Å². The first-order valence-electron chi connectivity index (χ1n) is 6.91. The number of alkyl carbamates (subject to hydrolysis) is 1. The fourth-order valence-corrected chi connectivity index (χ4v) is 1.85. The van der Waals surface area contributed by atoms with Crippen molar-refractivity contribution in [2.24, 2.45) is 0 Å². The topological polar surface area (TPSA) is 64.6 Å². The van der Waals surface area contributed by atoms with Gasteiger partial charge in [0.05, 0.1) is 6.04 Å². The largest absolute Gasteiger partial charge is 0.455 e. The van der Waals surface area contributed by atoms with Crippen molar-refractivity contribution < 1.29 is 19.1 Å². The van der Waals surface area contributed by atoms with E-state index in [9.17, 15) is 9.59 Å². The van der Waals surface area contributed by atoms with Gasteiger partial charge in [0.2, 0.25) is 0 Å². The maximum Gasteiger partial charge on any atom is 0.408 e. The minimum atomic E-state index is -0.576. The molecule has 21 heavy (non-hydrogen) atoms. The fraction of sp³-hybridized carbons (Fsp3) is 0.500. The van der Waals surface area contributed by atoms with Gasteiger partial charge in [-0.15, -0.1) is 0 Å². The van der Waals surface area contributed by atoms with Crippen molar-refractivity contribution >= 4 is 12.1 Å². The lowest BCUT2D eigenvalue weighted by Crippen LogP contribution is -2.41. The van der Waals surface area contributed by atoms with Gasteiger partial charge >= 0.3 is 12.1 Å². The number of carbonyl (C=O) groups excluding carboxylic acids is 2. The fourth-order valence-electron chi connectivity index (χ4n) is 1.85. The lowest BCUT2D eigenvalue weighted by atomic mass is 10.0. The van der Waals surface area contributed by atoms with Crippen molar-refractivity contribution in [2.45, 2.75) is 52.4 Å². The van der Waals surface area contributed by atoms with Crippen LogP contribution in [0.2, 0.25) is 0 Å².